The summed E-state index contributed by atoms with van der Waals surface area (Å²) < 4.78 is 1.10. The number of aliphatic hydroxyl groups is 1. The molecule has 1 saturated heterocycles. The minimum atomic E-state index is 0.272. The van der Waals surface area contributed by atoms with E-state index in [0.717, 1.165) is 17.6 Å². The van der Waals surface area contributed by atoms with Crippen molar-refractivity contribution < 1.29 is 5.11 Å². The van der Waals surface area contributed by atoms with Gasteiger partial charge in [0.25, 0.3) is 0 Å². The molecule has 1 fully saturated rings. The largest absolute Gasteiger partial charge is 0.396 e. The maximum Gasteiger partial charge on any atom is 0.0477 e. The van der Waals surface area contributed by atoms with Crippen LogP contribution in [0.5, 0.6) is 0 Å². The van der Waals surface area contributed by atoms with Crippen LogP contribution >= 0.6 is 15.9 Å². The minimum absolute atomic E-state index is 0.272. The molecule has 0 aromatic heterocycles. The Kier molecular flexibility index (Phi) is 3.21. The second-order valence-electron chi connectivity index (χ2n) is 3.76. The lowest BCUT2D eigenvalue weighted by atomic mass is 9.90. The van der Waals surface area contributed by atoms with Crippen molar-refractivity contribution in [1.29, 1.82) is 0 Å². The van der Waals surface area contributed by atoms with E-state index in [4.69, 9.17) is 0 Å². The fraction of sp³-hybridized carbons (Fsp3) is 0.455. The van der Waals surface area contributed by atoms with Crippen molar-refractivity contribution in [2.75, 3.05) is 19.7 Å². The van der Waals surface area contributed by atoms with Crippen molar-refractivity contribution in [3.05, 3.63) is 34.3 Å². The molecule has 0 unspecified atom stereocenters. The maximum atomic E-state index is 9.20. The lowest BCUT2D eigenvalue weighted by Gasteiger charge is -2.16. The van der Waals surface area contributed by atoms with Crippen molar-refractivity contribution >= 4 is 15.9 Å². The van der Waals surface area contributed by atoms with Crippen LogP contribution in [0.1, 0.15) is 11.5 Å². The first-order chi connectivity index (χ1) is 6.81. The second kappa shape index (κ2) is 4.43. The monoisotopic (exact) mass is 255 g/mol. The van der Waals surface area contributed by atoms with E-state index in [1.54, 1.807) is 0 Å². The average Bonchev–Trinajstić information content (AvgIpc) is 2.67. The molecule has 76 valence electrons. The van der Waals surface area contributed by atoms with Gasteiger partial charge in [-0.25, -0.2) is 0 Å². The van der Waals surface area contributed by atoms with Crippen LogP contribution in [0.25, 0.3) is 0 Å². The molecule has 1 aliphatic heterocycles. The van der Waals surface area contributed by atoms with E-state index in [0.29, 0.717) is 11.8 Å². The van der Waals surface area contributed by atoms with Gasteiger partial charge in [-0.2, -0.15) is 0 Å². The number of rotatable bonds is 2. The van der Waals surface area contributed by atoms with Gasteiger partial charge in [-0.15, -0.1) is 0 Å². The quantitative estimate of drug-likeness (QED) is 0.844. The molecule has 1 aromatic carbocycles. The van der Waals surface area contributed by atoms with E-state index < -0.39 is 0 Å². The molecule has 2 N–H and O–H groups in total. The van der Waals surface area contributed by atoms with Crippen LogP contribution in [-0.2, 0) is 0 Å². The summed E-state index contributed by atoms with van der Waals surface area (Å²) >= 11 is 3.42. The van der Waals surface area contributed by atoms with E-state index in [1.165, 1.54) is 5.56 Å². The van der Waals surface area contributed by atoms with Crippen molar-refractivity contribution in [3.63, 3.8) is 0 Å². The van der Waals surface area contributed by atoms with Crippen LogP contribution in [0.4, 0.5) is 0 Å². The molecule has 1 aliphatic rings. The van der Waals surface area contributed by atoms with Crippen LogP contribution in [0.2, 0.25) is 0 Å². The summed E-state index contributed by atoms with van der Waals surface area (Å²) in [5.74, 6) is 0.837. The predicted molar refractivity (Wildman–Crippen MR) is 60.3 cm³/mol. The van der Waals surface area contributed by atoms with Crippen LogP contribution < -0.4 is 5.32 Å². The summed E-state index contributed by atoms with van der Waals surface area (Å²) in [6, 6.07) is 8.37. The van der Waals surface area contributed by atoms with Gasteiger partial charge in [0.2, 0.25) is 0 Å². The number of hydrogen-bond donors (Lipinski definition) is 2. The first-order valence-corrected chi connectivity index (χ1v) is 5.67. The lowest BCUT2D eigenvalue weighted by molar-refractivity contribution is 0.226. The van der Waals surface area contributed by atoms with Crippen molar-refractivity contribution in [3.8, 4) is 0 Å². The average molecular weight is 256 g/mol. The van der Waals surface area contributed by atoms with E-state index in [9.17, 15) is 5.11 Å². The summed E-state index contributed by atoms with van der Waals surface area (Å²) in [7, 11) is 0. The van der Waals surface area contributed by atoms with Gasteiger partial charge < -0.3 is 10.4 Å². The smallest absolute Gasteiger partial charge is 0.0477 e. The molecule has 14 heavy (non-hydrogen) atoms. The number of benzene rings is 1. The highest BCUT2D eigenvalue weighted by Gasteiger charge is 2.27. The summed E-state index contributed by atoms with van der Waals surface area (Å²) in [6.45, 7) is 2.18. The highest BCUT2D eigenvalue weighted by molar-refractivity contribution is 9.10. The molecule has 0 radical (unpaired) electrons. The van der Waals surface area contributed by atoms with E-state index in [1.807, 2.05) is 0 Å². The van der Waals surface area contributed by atoms with E-state index >= 15 is 0 Å². The summed E-state index contributed by atoms with van der Waals surface area (Å²) in [5, 5.41) is 12.5. The Hall–Kier alpha value is -0.380. The standard InChI is InChI=1S/C11H14BrNO/c12-10-3-1-8(2-4-10)11-6-13-5-9(11)7-14/h1-4,9,11,13-14H,5-7H2/t9-,11-/m0/s1. The van der Waals surface area contributed by atoms with E-state index in [-0.39, 0.29) is 6.61 Å². The lowest BCUT2D eigenvalue weighted by Crippen LogP contribution is -2.14. The topological polar surface area (TPSA) is 32.3 Å². The first kappa shape index (κ1) is 10.1. The molecular weight excluding hydrogens is 242 g/mol. The van der Waals surface area contributed by atoms with Crippen LogP contribution in [0.15, 0.2) is 28.7 Å². The summed E-state index contributed by atoms with van der Waals surface area (Å²) in [4.78, 5) is 0. The molecule has 0 aliphatic carbocycles. The highest BCUT2D eigenvalue weighted by Crippen LogP contribution is 2.28. The van der Waals surface area contributed by atoms with Gasteiger partial charge in [-0.05, 0) is 17.7 Å². The Labute approximate surface area is 92.5 Å². The molecule has 3 heteroatoms. The van der Waals surface area contributed by atoms with Gasteiger partial charge in [0.05, 0.1) is 0 Å². The molecule has 0 saturated carbocycles. The fourth-order valence-electron chi connectivity index (χ4n) is 2.02. The second-order valence-corrected chi connectivity index (χ2v) is 4.67. The Morgan fingerprint density at radius 1 is 1.29 bits per heavy atom. The van der Waals surface area contributed by atoms with Gasteiger partial charge in [0, 0.05) is 36.0 Å². The summed E-state index contributed by atoms with van der Waals surface area (Å²) in [6.07, 6.45) is 0. The van der Waals surface area contributed by atoms with Gasteiger partial charge in [-0.1, -0.05) is 28.1 Å². The van der Waals surface area contributed by atoms with Crippen molar-refractivity contribution in [1.82, 2.24) is 5.32 Å². The van der Waals surface area contributed by atoms with Crippen molar-refractivity contribution in [2.45, 2.75) is 5.92 Å². The van der Waals surface area contributed by atoms with Gasteiger partial charge >= 0.3 is 0 Å². The molecule has 2 atom stereocenters. The molecule has 0 spiro atoms. The Morgan fingerprint density at radius 3 is 2.64 bits per heavy atom. The number of nitrogens with one attached hydrogen (secondary N) is 1. The fourth-order valence-corrected chi connectivity index (χ4v) is 2.29. The zero-order chi connectivity index (χ0) is 9.97. The number of hydrogen-bond acceptors (Lipinski definition) is 2. The first-order valence-electron chi connectivity index (χ1n) is 4.88. The zero-order valence-electron chi connectivity index (χ0n) is 7.91. The molecule has 0 amide bonds. The normalized spacial score (nSPS) is 26.7. The third-order valence-corrected chi connectivity index (χ3v) is 3.40. The molecule has 1 heterocycles. The van der Waals surface area contributed by atoms with Crippen LogP contribution in [0.3, 0.4) is 0 Å². The predicted octanol–water partition coefficient (Wildman–Crippen LogP) is 1.74. The summed E-state index contributed by atoms with van der Waals surface area (Å²) in [5.41, 5.74) is 1.32. The molecule has 0 bridgehead atoms. The van der Waals surface area contributed by atoms with Gasteiger partial charge in [0.15, 0.2) is 0 Å². The highest BCUT2D eigenvalue weighted by atomic mass is 79.9. The third kappa shape index (κ3) is 2.00. The van der Waals surface area contributed by atoms with Gasteiger partial charge in [-0.3, -0.25) is 0 Å². The Bertz CT molecular complexity index is 299. The minimum Gasteiger partial charge on any atom is -0.396 e. The SMILES string of the molecule is OC[C@@H]1CNC[C@H]1c1ccc(Br)cc1. The van der Waals surface area contributed by atoms with Crippen LogP contribution in [0, 0.1) is 5.92 Å². The van der Waals surface area contributed by atoms with Crippen LogP contribution in [-0.4, -0.2) is 24.8 Å². The number of halogens is 1. The van der Waals surface area contributed by atoms with Gasteiger partial charge in [0.1, 0.15) is 0 Å². The molecular formula is C11H14BrNO. The maximum absolute atomic E-state index is 9.20. The molecule has 1 aromatic rings. The zero-order valence-corrected chi connectivity index (χ0v) is 9.50. The Balaban J connectivity index is 2.17. The van der Waals surface area contributed by atoms with Crippen molar-refractivity contribution in [2.24, 2.45) is 5.92 Å². The number of aliphatic hydroxyl groups excluding tert-OH is 1. The molecule has 2 nitrogen and oxygen atoms in total. The van der Waals surface area contributed by atoms with E-state index in [2.05, 4.69) is 45.5 Å². The molecule has 2 rings (SSSR count). The third-order valence-electron chi connectivity index (χ3n) is 2.87. The Morgan fingerprint density at radius 2 is 2.00 bits per heavy atom.